The van der Waals surface area contributed by atoms with Gasteiger partial charge in [0.25, 0.3) is 5.91 Å². The summed E-state index contributed by atoms with van der Waals surface area (Å²) in [5.74, 6) is 0.808. The third-order valence-electron chi connectivity index (χ3n) is 4.91. The summed E-state index contributed by atoms with van der Waals surface area (Å²) in [5, 5.41) is 6.74. The summed E-state index contributed by atoms with van der Waals surface area (Å²) in [7, 11) is 0. The van der Waals surface area contributed by atoms with E-state index in [1.165, 1.54) is 6.42 Å². The van der Waals surface area contributed by atoms with Crippen LogP contribution in [0.5, 0.6) is 0 Å². The fourth-order valence-corrected chi connectivity index (χ4v) is 3.54. The van der Waals surface area contributed by atoms with Crippen molar-refractivity contribution in [1.29, 1.82) is 0 Å². The first-order chi connectivity index (χ1) is 10.6. The normalized spacial score (nSPS) is 20.6. The molecule has 0 bridgehead atoms. The molecule has 0 atom stereocenters. The van der Waals surface area contributed by atoms with Crippen LogP contribution in [0.25, 0.3) is 0 Å². The molecular formula is C17H26N4O. The number of nitrogens with zero attached hydrogens (tertiary/aromatic N) is 2. The van der Waals surface area contributed by atoms with E-state index < -0.39 is 0 Å². The molecule has 0 aliphatic carbocycles. The van der Waals surface area contributed by atoms with Crippen molar-refractivity contribution >= 4 is 11.7 Å². The van der Waals surface area contributed by atoms with E-state index in [0.29, 0.717) is 16.8 Å². The topological polar surface area (TPSA) is 57.3 Å². The van der Waals surface area contributed by atoms with E-state index in [9.17, 15) is 4.79 Å². The van der Waals surface area contributed by atoms with Gasteiger partial charge in [-0.25, -0.2) is 4.98 Å². The second-order valence-electron chi connectivity index (χ2n) is 6.92. The first-order valence-electron chi connectivity index (χ1n) is 8.31. The number of aromatic nitrogens is 1. The fraction of sp³-hybridized carbons (Fsp3) is 0.647. The highest BCUT2D eigenvalue weighted by Crippen LogP contribution is 2.37. The Morgan fingerprint density at radius 1 is 1.36 bits per heavy atom. The molecule has 3 rings (SSSR count). The molecule has 1 aromatic heterocycles. The van der Waals surface area contributed by atoms with E-state index in [1.807, 2.05) is 17.0 Å². The number of pyridine rings is 1. The Morgan fingerprint density at radius 3 is 2.77 bits per heavy atom. The number of hydrogen-bond acceptors (Lipinski definition) is 4. The summed E-state index contributed by atoms with van der Waals surface area (Å²) >= 11 is 0. The molecule has 0 aromatic carbocycles. The van der Waals surface area contributed by atoms with Crippen LogP contribution >= 0.6 is 0 Å². The second kappa shape index (κ2) is 6.24. The largest absolute Gasteiger partial charge is 0.367 e. The van der Waals surface area contributed by atoms with Gasteiger partial charge in [-0.15, -0.1) is 0 Å². The van der Waals surface area contributed by atoms with E-state index in [0.717, 1.165) is 39.0 Å². The quantitative estimate of drug-likeness (QED) is 0.898. The molecule has 1 spiro atoms. The van der Waals surface area contributed by atoms with Crippen molar-refractivity contribution in [2.24, 2.45) is 5.41 Å². The highest BCUT2D eigenvalue weighted by molar-refractivity contribution is 5.98. The molecule has 1 aromatic rings. The molecule has 2 saturated heterocycles. The number of anilines is 1. The maximum Gasteiger partial charge on any atom is 0.257 e. The molecule has 2 aliphatic heterocycles. The van der Waals surface area contributed by atoms with Crippen LogP contribution in [0.15, 0.2) is 18.3 Å². The summed E-state index contributed by atoms with van der Waals surface area (Å²) in [5.41, 5.74) is 1.13. The Kier molecular flexibility index (Phi) is 4.34. The number of amides is 1. The molecule has 0 saturated carbocycles. The molecule has 22 heavy (non-hydrogen) atoms. The first-order valence-corrected chi connectivity index (χ1v) is 8.31. The first kappa shape index (κ1) is 15.3. The Labute approximate surface area is 132 Å². The van der Waals surface area contributed by atoms with Crippen molar-refractivity contribution in [3.05, 3.63) is 23.9 Å². The summed E-state index contributed by atoms with van der Waals surface area (Å²) in [4.78, 5) is 19.2. The van der Waals surface area contributed by atoms with Gasteiger partial charge >= 0.3 is 0 Å². The van der Waals surface area contributed by atoms with Gasteiger partial charge in [0.2, 0.25) is 0 Å². The van der Waals surface area contributed by atoms with Crippen LogP contribution in [0.4, 0.5) is 5.82 Å². The van der Waals surface area contributed by atoms with Crippen LogP contribution in [0, 0.1) is 5.41 Å². The highest BCUT2D eigenvalue weighted by Gasteiger charge is 2.38. The molecule has 5 heteroatoms. The summed E-state index contributed by atoms with van der Waals surface area (Å²) in [6.45, 7) is 8.06. The SMILES string of the molecule is CC(C)Nc1ncccc1C(=O)N1CCC2(CCNC2)CC1. The van der Waals surface area contributed by atoms with Crippen molar-refractivity contribution in [2.75, 3.05) is 31.5 Å². The van der Waals surface area contributed by atoms with Crippen LogP contribution in [0.2, 0.25) is 0 Å². The summed E-state index contributed by atoms with van der Waals surface area (Å²) < 4.78 is 0. The van der Waals surface area contributed by atoms with Gasteiger partial charge in [0.05, 0.1) is 5.56 Å². The van der Waals surface area contributed by atoms with Crippen LogP contribution in [0.3, 0.4) is 0 Å². The van der Waals surface area contributed by atoms with Gasteiger partial charge in [-0.05, 0) is 57.2 Å². The third-order valence-corrected chi connectivity index (χ3v) is 4.91. The number of nitrogens with one attached hydrogen (secondary N) is 2. The molecule has 2 aliphatic rings. The van der Waals surface area contributed by atoms with Crippen molar-refractivity contribution in [1.82, 2.24) is 15.2 Å². The number of rotatable bonds is 3. The van der Waals surface area contributed by atoms with Crippen LogP contribution < -0.4 is 10.6 Å². The molecule has 2 fully saturated rings. The number of carbonyl (C=O) groups excluding carboxylic acids is 1. The molecule has 1 amide bonds. The van der Waals surface area contributed by atoms with E-state index in [2.05, 4.69) is 29.5 Å². The lowest BCUT2D eigenvalue weighted by Gasteiger charge is -2.39. The minimum Gasteiger partial charge on any atom is -0.367 e. The summed E-state index contributed by atoms with van der Waals surface area (Å²) in [6.07, 6.45) is 5.21. The Bertz CT molecular complexity index is 527. The maximum atomic E-state index is 12.8. The van der Waals surface area contributed by atoms with Gasteiger partial charge in [-0.3, -0.25) is 4.79 Å². The monoisotopic (exact) mass is 302 g/mol. The number of carbonyl (C=O) groups is 1. The molecule has 0 unspecified atom stereocenters. The molecule has 0 radical (unpaired) electrons. The zero-order valence-electron chi connectivity index (χ0n) is 13.6. The molecule has 120 valence electrons. The zero-order valence-corrected chi connectivity index (χ0v) is 13.6. The smallest absolute Gasteiger partial charge is 0.257 e. The van der Waals surface area contributed by atoms with Gasteiger partial charge in [-0.1, -0.05) is 0 Å². The Balaban J connectivity index is 1.70. The van der Waals surface area contributed by atoms with Crippen molar-refractivity contribution in [2.45, 2.75) is 39.2 Å². The van der Waals surface area contributed by atoms with Crippen molar-refractivity contribution in [3.63, 3.8) is 0 Å². The van der Waals surface area contributed by atoms with Gasteiger partial charge in [0, 0.05) is 31.9 Å². The predicted molar refractivity (Wildman–Crippen MR) is 88.1 cm³/mol. The minimum atomic E-state index is 0.108. The molecule has 5 nitrogen and oxygen atoms in total. The van der Waals surface area contributed by atoms with E-state index >= 15 is 0 Å². The lowest BCUT2D eigenvalue weighted by Crippen LogP contribution is -2.44. The predicted octanol–water partition coefficient (Wildman–Crippen LogP) is 2.12. The van der Waals surface area contributed by atoms with Crippen LogP contribution in [-0.2, 0) is 0 Å². The Hall–Kier alpha value is -1.62. The molecule has 3 heterocycles. The summed E-state index contributed by atoms with van der Waals surface area (Å²) in [6, 6.07) is 3.97. The second-order valence-corrected chi connectivity index (χ2v) is 6.92. The Morgan fingerprint density at radius 2 is 2.14 bits per heavy atom. The van der Waals surface area contributed by atoms with Gasteiger partial charge in [-0.2, -0.15) is 0 Å². The van der Waals surface area contributed by atoms with E-state index in [4.69, 9.17) is 0 Å². The lowest BCUT2D eigenvalue weighted by atomic mass is 9.78. The number of piperidine rings is 1. The van der Waals surface area contributed by atoms with Gasteiger partial charge < -0.3 is 15.5 Å². The molecule has 2 N–H and O–H groups in total. The molecular weight excluding hydrogens is 276 g/mol. The lowest BCUT2D eigenvalue weighted by molar-refractivity contribution is 0.0608. The fourth-order valence-electron chi connectivity index (χ4n) is 3.54. The van der Waals surface area contributed by atoms with Crippen molar-refractivity contribution < 1.29 is 4.79 Å². The van der Waals surface area contributed by atoms with Crippen LogP contribution in [-0.4, -0.2) is 48.0 Å². The average molecular weight is 302 g/mol. The standard InChI is InChI=1S/C17H26N4O/c1-13(2)20-15-14(4-3-8-19-15)16(22)21-10-6-17(7-11-21)5-9-18-12-17/h3-4,8,13,18H,5-7,9-12H2,1-2H3,(H,19,20). The number of likely N-dealkylation sites (tertiary alicyclic amines) is 1. The van der Waals surface area contributed by atoms with E-state index in [-0.39, 0.29) is 11.9 Å². The third kappa shape index (κ3) is 3.09. The van der Waals surface area contributed by atoms with Crippen molar-refractivity contribution in [3.8, 4) is 0 Å². The van der Waals surface area contributed by atoms with Gasteiger partial charge in [0.15, 0.2) is 0 Å². The minimum absolute atomic E-state index is 0.108. The maximum absolute atomic E-state index is 12.8. The van der Waals surface area contributed by atoms with Crippen LogP contribution in [0.1, 0.15) is 43.5 Å². The zero-order chi connectivity index (χ0) is 15.6. The van der Waals surface area contributed by atoms with E-state index in [1.54, 1.807) is 6.20 Å². The highest BCUT2D eigenvalue weighted by atomic mass is 16.2. The van der Waals surface area contributed by atoms with Gasteiger partial charge in [0.1, 0.15) is 5.82 Å². The average Bonchev–Trinajstić information content (AvgIpc) is 2.96. The number of hydrogen-bond donors (Lipinski definition) is 2.